The zero-order chi connectivity index (χ0) is 31.1. The minimum atomic E-state index is -0.0619. The minimum absolute atomic E-state index is 0.0410. The van der Waals surface area contributed by atoms with Gasteiger partial charge < -0.3 is 10.6 Å². The lowest BCUT2D eigenvalue weighted by molar-refractivity contribution is 0.0931. The van der Waals surface area contributed by atoms with Gasteiger partial charge in [0, 0.05) is 20.1 Å². The van der Waals surface area contributed by atoms with E-state index in [2.05, 4.69) is 103 Å². The van der Waals surface area contributed by atoms with Gasteiger partial charge in [-0.05, 0) is 107 Å². The summed E-state index contributed by atoms with van der Waals surface area (Å²) in [5.41, 5.74) is 3.53. The third-order valence-electron chi connectivity index (χ3n) is 7.46. The first kappa shape index (κ1) is 31.2. The van der Waals surface area contributed by atoms with Gasteiger partial charge >= 0.3 is 0 Å². The van der Waals surface area contributed by atoms with Gasteiger partial charge in [-0.25, -0.2) is 0 Å². The van der Waals surface area contributed by atoms with E-state index in [4.69, 9.17) is 0 Å². The summed E-state index contributed by atoms with van der Waals surface area (Å²) in [6, 6.07) is 43.7. The number of rotatable bonds is 6. The number of benzene rings is 6. The Labute approximate surface area is 274 Å². The highest BCUT2D eigenvalue weighted by atomic mass is 79.9. The second kappa shape index (κ2) is 14.5. The summed E-state index contributed by atoms with van der Waals surface area (Å²) in [6.07, 6.45) is 0. The first-order valence-corrected chi connectivity index (χ1v) is 16.0. The van der Waals surface area contributed by atoms with Crippen LogP contribution in [0.15, 0.2) is 142 Å². The van der Waals surface area contributed by atoms with Crippen LogP contribution in [0.5, 0.6) is 0 Å². The number of carbonyl (C=O) groups excluding carboxylic acids is 2. The molecule has 0 fully saturated rings. The molecule has 0 heterocycles. The number of fused-ring (bicyclic) bond motifs is 2. The van der Waals surface area contributed by atoms with Gasteiger partial charge in [0.25, 0.3) is 11.8 Å². The molecule has 0 aromatic heterocycles. The molecule has 0 spiro atoms. The molecule has 0 aliphatic heterocycles. The normalized spacial score (nSPS) is 12.1. The van der Waals surface area contributed by atoms with Crippen LogP contribution in [0.2, 0.25) is 0 Å². The molecule has 0 bridgehead atoms. The summed E-state index contributed by atoms with van der Waals surface area (Å²) >= 11 is 6.75. The molecule has 6 rings (SSSR count). The number of hydrogen-bond acceptors (Lipinski definition) is 2. The molecule has 6 aromatic rings. The van der Waals surface area contributed by atoms with Crippen LogP contribution < -0.4 is 10.6 Å². The van der Waals surface area contributed by atoms with E-state index < -0.39 is 0 Å². The molecule has 0 saturated heterocycles. The van der Waals surface area contributed by atoms with Crippen LogP contribution >= 0.6 is 31.9 Å². The van der Waals surface area contributed by atoms with Gasteiger partial charge in [0.2, 0.25) is 0 Å². The fourth-order valence-electron chi connectivity index (χ4n) is 4.88. The molecule has 2 amide bonds. The fraction of sp³-hybridized carbons (Fsp3) is 0.105. The molecular formula is C38H32Br2N2O2. The van der Waals surface area contributed by atoms with Crippen molar-refractivity contribution in [3.8, 4) is 0 Å². The van der Waals surface area contributed by atoms with Crippen molar-refractivity contribution in [1.29, 1.82) is 0 Å². The molecule has 6 heteroatoms. The van der Waals surface area contributed by atoms with Crippen LogP contribution in [-0.2, 0) is 0 Å². The summed E-state index contributed by atoms with van der Waals surface area (Å²) in [5.74, 6) is -0.124. The number of halogens is 2. The Balaban J connectivity index is 0.000000175. The maximum atomic E-state index is 12.3. The minimum Gasteiger partial charge on any atom is -0.346 e. The molecule has 0 saturated carbocycles. The highest BCUT2D eigenvalue weighted by Crippen LogP contribution is 2.22. The first-order chi connectivity index (χ1) is 21.3. The van der Waals surface area contributed by atoms with E-state index in [0.717, 1.165) is 20.1 Å². The van der Waals surface area contributed by atoms with Gasteiger partial charge in [-0.1, -0.05) is 105 Å². The molecule has 0 unspecified atom stereocenters. The van der Waals surface area contributed by atoms with Crippen LogP contribution in [0.4, 0.5) is 0 Å². The third-order valence-corrected chi connectivity index (χ3v) is 8.51. The fourth-order valence-corrected chi connectivity index (χ4v) is 5.41. The Morgan fingerprint density at radius 3 is 1.18 bits per heavy atom. The van der Waals surface area contributed by atoms with Gasteiger partial charge in [-0.2, -0.15) is 0 Å². The topological polar surface area (TPSA) is 58.2 Å². The van der Waals surface area contributed by atoms with Gasteiger partial charge in [-0.15, -0.1) is 0 Å². The number of hydrogen-bond donors (Lipinski definition) is 2. The van der Waals surface area contributed by atoms with E-state index >= 15 is 0 Å². The van der Waals surface area contributed by atoms with Crippen molar-refractivity contribution in [2.24, 2.45) is 0 Å². The SMILES string of the molecule is C[C@@H](NC(=O)c1ccc(Br)cc1)c1ccc2ccccc2c1.C[C@@H](NC(=O)c1ccc(Br)cc1)c1ccc2ccccc2c1. The average Bonchev–Trinajstić information content (AvgIpc) is 3.05. The van der Waals surface area contributed by atoms with E-state index in [1.807, 2.05) is 86.6 Å². The maximum Gasteiger partial charge on any atom is 0.251 e. The highest BCUT2D eigenvalue weighted by Gasteiger charge is 2.13. The quantitative estimate of drug-likeness (QED) is 0.181. The average molecular weight is 708 g/mol. The lowest BCUT2D eigenvalue weighted by Gasteiger charge is -2.15. The summed E-state index contributed by atoms with van der Waals surface area (Å²) in [4.78, 5) is 24.6. The molecule has 6 aromatic carbocycles. The van der Waals surface area contributed by atoms with Crippen molar-refractivity contribution in [3.63, 3.8) is 0 Å². The highest BCUT2D eigenvalue weighted by molar-refractivity contribution is 9.10. The molecule has 44 heavy (non-hydrogen) atoms. The molecule has 0 aliphatic carbocycles. The maximum absolute atomic E-state index is 12.3. The third kappa shape index (κ3) is 8.01. The van der Waals surface area contributed by atoms with Gasteiger partial charge in [-0.3, -0.25) is 9.59 Å². The molecule has 0 aliphatic rings. The number of carbonyl (C=O) groups is 2. The predicted octanol–water partition coefficient (Wildman–Crippen LogP) is 10.2. The summed E-state index contributed by atoms with van der Waals surface area (Å²) in [5, 5.41) is 10.9. The Morgan fingerprint density at radius 1 is 0.477 bits per heavy atom. The lowest BCUT2D eigenvalue weighted by atomic mass is 10.0. The molecule has 0 radical (unpaired) electrons. The predicted molar refractivity (Wildman–Crippen MR) is 188 cm³/mol. The van der Waals surface area contributed by atoms with Crippen LogP contribution in [0.3, 0.4) is 0 Å². The first-order valence-electron chi connectivity index (χ1n) is 14.4. The molecule has 2 N–H and O–H groups in total. The smallest absolute Gasteiger partial charge is 0.251 e. The van der Waals surface area contributed by atoms with Gasteiger partial charge in [0.1, 0.15) is 0 Å². The second-order valence-corrected chi connectivity index (χ2v) is 12.4. The number of amides is 2. The van der Waals surface area contributed by atoms with E-state index in [1.165, 1.54) is 21.5 Å². The Morgan fingerprint density at radius 2 is 0.818 bits per heavy atom. The van der Waals surface area contributed by atoms with Crippen molar-refractivity contribution in [2.75, 3.05) is 0 Å². The molecule has 2 atom stereocenters. The molecule has 220 valence electrons. The van der Waals surface area contributed by atoms with E-state index in [-0.39, 0.29) is 23.9 Å². The van der Waals surface area contributed by atoms with Crippen molar-refractivity contribution in [1.82, 2.24) is 10.6 Å². The van der Waals surface area contributed by atoms with Crippen LogP contribution in [0.25, 0.3) is 21.5 Å². The van der Waals surface area contributed by atoms with Crippen LogP contribution in [-0.4, -0.2) is 11.8 Å². The monoisotopic (exact) mass is 706 g/mol. The lowest BCUT2D eigenvalue weighted by Crippen LogP contribution is -2.26. The Kier molecular flexibility index (Phi) is 10.3. The Bertz CT molecular complexity index is 1760. The van der Waals surface area contributed by atoms with Crippen molar-refractivity contribution >= 4 is 65.2 Å². The zero-order valence-corrected chi connectivity index (χ0v) is 27.6. The van der Waals surface area contributed by atoms with Crippen molar-refractivity contribution in [3.05, 3.63) is 165 Å². The van der Waals surface area contributed by atoms with Crippen molar-refractivity contribution < 1.29 is 9.59 Å². The second-order valence-electron chi connectivity index (χ2n) is 10.6. The van der Waals surface area contributed by atoms with Gasteiger partial charge in [0.15, 0.2) is 0 Å². The summed E-state index contributed by atoms with van der Waals surface area (Å²) < 4.78 is 1.93. The van der Waals surface area contributed by atoms with Crippen LogP contribution in [0, 0.1) is 0 Å². The van der Waals surface area contributed by atoms with Crippen LogP contribution in [0.1, 0.15) is 57.8 Å². The van der Waals surface area contributed by atoms with E-state index in [9.17, 15) is 9.59 Å². The zero-order valence-electron chi connectivity index (χ0n) is 24.4. The van der Waals surface area contributed by atoms with Gasteiger partial charge in [0.05, 0.1) is 12.1 Å². The van der Waals surface area contributed by atoms with E-state index in [0.29, 0.717) is 11.1 Å². The largest absolute Gasteiger partial charge is 0.346 e. The summed E-state index contributed by atoms with van der Waals surface area (Å²) in [6.45, 7) is 4.00. The molecular weight excluding hydrogens is 676 g/mol. The van der Waals surface area contributed by atoms with E-state index in [1.54, 1.807) is 0 Å². The number of nitrogens with one attached hydrogen (secondary N) is 2. The Hall–Kier alpha value is -4.26. The standard InChI is InChI=1S/2C19H16BrNO/c2*1-13(21-19(22)15-8-10-18(20)11-9-15)16-7-6-14-4-2-3-5-17(14)12-16/h2*2-13H,1H3,(H,21,22)/t2*13-/m11/s1. The summed E-state index contributed by atoms with van der Waals surface area (Å²) in [7, 11) is 0. The van der Waals surface area contributed by atoms with Crippen molar-refractivity contribution in [2.45, 2.75) is 25.9 Å². The molecule has 4 nitrogen and oxygen atoms in total.